The Labute approximate surface area is 635 Å². The van der Waals surface area contributed by atoms with E-state index in [4.69, 9.17) is 56.8 Å². The van der Waals surface area contributed by atoms with Gasteiger partial charge in [0.25, 0.3) is 0 Å². The lowest BCUT2D eigenvalue weighted by Crippen LogP contribution is -1.88. The Hall–Kier alpha value is -13.3. The first-order valence-corrected chi connectivity index (χ1v) is 34.9. The van der Waals surface area contributed by atoms with Crippen LogP contribution in [0.25, 0.3) is 106 Å². The predicted molar refractivity (Wildman–Crippen MR) is 446 cm³/mol. The van der Waals surface area contributed by atoms with Gasteiger partial charge in [0.1, 0.15) is 69.0 Å². The molecule has 0 N–H and O–H groups in total. The van der Waals surface area contributed by atoms with E-state index in [9.17, 15) is 0 Å². The maximum atomic E-state index is 5.35. The molecule has 0 amide bonds. The van der Waals surface area contributed by atoms with E-state index in [0.29, 0.717) is 0 Å². The van der Waals surface area contributed by atoms with Crippen LogP contribution in [0.5, 0.6) is 69.0 Å². The van der Waals surface area contributed by atoms with E-state index in [1.807, 2.05) is 109 Å². The molecular formula is C96H90O12. The summed E-state index contributed by atoms with van der Waals surface area (Å²) < 4.78 is 64.2. The van der Waals surface area contributed by atoms with Crippen molar-refractivity contribution in [3.63, 3.8) is 0 Å². The van der Waals surface area contributed by atoms with Crippen LogP contribution < -0.4 is 56.8 Å². The second-order valence-corrected chi connectivity index (χ2v) is 24.6. The lowest BCUT2D eigenvalue weighted by molar-refractivity contribution is 0.394. The summed E-state index contributed by atoms with van der Waals surface area (Å²) in [5, 5.41) is 0. The highest BCUT2D eigenvalue weighted by Gasteiger charge is 2.08. The molecule has 0 fully saturated rings. The lowest BCUT2D eigenvalue weighted by Gasteiger charge is -2.06. The fourth-order valence-electron chi connectivity index (χ4n) is 11.4. The first-order valence-electron chi connectivity index (χ1n) is 34.9. The monoisotopic (exact) mass is 1430 g/mol. The first kappa shape index (κ1) is 77.3. The Morgan fingerprint density at radius 1 is 0.120 bits per heavy atom. The zero-order valence-electron chi connectivity index (χ0n) is 63.1. The van der Waals surface area contributed by atoms with Crippen LogP contribution in [-0.2, 0) is 0 Å². The standard InChI is InChI=1S/3C32H30O4/c3*1-33-29-17-25(18-30(21-29)34-2)7-5-23-9-13-27(14-10-23)28-15-11-24(12-16-28)6-8-26-19-31(35-3)22-32(20-26)36-4/h3*5-22H,1-4H3/b3*7-5+,8-6+. The van der Waals surface area contributed by atoms with Crippen molar-refractivity contribution in [1.82, 2.24) is 0 Å². The largest absolute Gasteiger partial charge is 0.497 e. The van der Waals surface area contributed by atoms with Gasteiger partial charge >= 0.3 is 0 Å². The van der Waals surface area contributed by atoms with Gasteiger partial charge in [-0.15, -0.1) is 0 Å². The summed E-state index contributed by atoms with van der Waals surface area (Å²) in [7, 11) is 19.9. The molecule has 0 radical (unpaired) electrons. The fraction of sp³-hybridized carbons (Fsp3) is 0.125. The Balaban J connectivity index is 0.000000173. The zero-order valence-corrected chi connectivity index (χ0v) is 63.1. The summed E-state index contributed by atoms with van der Waals surface area (Å²) in [5.41, 5.74) is 19.9. The third-order valence-electron chi connectivity index (χ3n) is 17.5. The maximum Gasteiger partial charge on any atom is 0.123 e. The summed E-state index contributed by atoms with van der Waals surface area (Å²) in [6, 6.07) is 86.0. The van der Waals surface area contributed by atoms with Gasteiger partial charge < -0.3 is 56.8 Å². The van der Waals surface area contributed by atoms with Crippen LogP contribution in [0.4, 0.5) is 0 Å². The molecule has 0 aliphatic heterocycles. The Morgan fingerprint density at radius 3 is 0.306 bits per heavy atom. The van der Waals surface area contributed by atoms with Crippen LogP contribution >= 0.6 is 0 Å². The summed E-state index contributed by atoms with van der Waals surface area (Å²) >= 11 is 0. The normalized spacial score (nSPS) is 11.1. The van der Waals surface area contributed by atoms with Gasteiger partial charge in [-0.05, 0) is 173 Å². The van der Waals surface area contributed by atoms with Crippen molar-refractivity contribution >= 4 is 72.9 Å². The van der Waals surface area contributed by atoms with E-state index >= 15 is 0 Å². The van der Waals surface area contributed by atoms with Crippen molar-refractivity contribution in [3.8, 4) is 102 Å². The van der Waals surface area contributed by atoms with E-state index in [1.165, 1.54) is 33.4 Å². The minimum absolute atomic E-state index is 0.769. The molecule has 0 heterocycles. The third-order valence-corrected chi connectivity index (χ3v) is 17.5. The van der Waals surface area contributed by atoms with Crippen molar-refractivity contribution in [3.05, 3.63) is 322 Å². The van der Waals surface area contributed by atoms with Gasteiger partial charge in [0.15, 0.2) is 0 Å². The van der Waals surface area contributed by atoms with Crippen LogP contribution in [0.15, 0.2) is 255 Å². The van der Waals surface area contributed by atoms with Crippen molar-refractivity contribution in [2.45, 2.75) is 0 Å². The molecule has 12 heteroatoms. The SMILES string of the molecule is COc1cc(/C=C/c2ccc(-c3ccc(/C=C/c4cc(OC)cc(OC)c4)cc3)cc2)cc(OC)c1.COc1cc(/C=C/c2ccc(-c3ccc(/C=C/c4cc(OC)cc(OC)c4)cc3)cc2)cc(OC)c1.COc1cc(/C=C/c2ccc(-c3ccc(/C=C/c4cc(OC)cc(OC)c4)cc3)cc2)cc(OC)c1. The zero-order chi connectivity index (χ0) is 76.0. The molecule has 0 aromatic heterocycles. The molecule has 0 saturated heterocycles. The van der Waals surface area contributed by atoms with E-state index < -0.39 is 0 Å². The van der Waals surface area contributed by atoms with Crippen molar-refractivity contribution in [2.75, 3.05) is 85.3 Å². The van der Waals surface area contributed by atoms with Gasteiger partial charge in [0.2, 0.25) is 0 Å². The van der Waals surface area contributed by atoms with E-state index in [-0.39, 0.29) is 0 Å². The minimum Gasteiger partial charge on any atom is -0.497 e. The van der Waals surface area contributed by atoms with Gasteiger partial charge in [-0.2, -0.15) is 0 Å². The summed E-state index contributed by atoms with van der Waals surface area (Å²) in [6.07, 6.45) is 24.8. The quantitative estimate of drug-likeness (QED) is 0.0457. The molecule has 12 aromatic carbocycles. The Kier molecular flexibility index (Phi) is 28.3. The molecule has 108 heavy (non-hydrogen) atoms. The molecule has 12 rings (SSSR count). The summed E-state index contributed by atoms with van der Waals surface area (Å²) in [5.74, 6) is 9.23. The Morgan fingerprint density at radius 2 is 0.213 bits per heavy atom. The number of hydrogen-bond acceptors (Lipinski definition) is 12. The predicted octanol–water partition coefficient (Wildman–Crippen LogP) is 23.2. The van der Waals surface area contributed by atoms with E-state index in [1.54, 1.807) is 85.3 Å². The first-order chi connectivity index (χ1) is 52.8. The molecule has 0 atom stereocenters. The fourth-order valence-corrected chi connectivity index (χ4v) is 11.4. The summed E-state index contributed by atoms with van der Waals surface area (Å²) in [4.78, 5) is 0. The smallest absolute Gasteiger partial charge is 0.123 e. The second-order valence-electron chi connectivity index (χ2n) is 24.6. The van der Waals surface area contributed by atoms with Gasteiger partial charge in [0, 0.05) is 36.4 Å². The molecule has 546 valence electrons. The molecular weight excluding hydrogens is 1350 g/mol. The van der Waals surface area contributed by atoms with Crippen molar-refractivity contribution in [2.24, 2.45) is 0 Å². The van der Waals surface area contributed by atoms with Crippen LogP contribution in [0, 0.1) is 0 Å². The van der Waals surface area contributed by atoms with E-state index in [2.05, 4.69) is 219 Å². The van der Waals surface area contributed by atoms with Gasteiger partial charge in [-0.25, -0.2) is 0 Å². The maximum absolute atomic E-state index is 5.35. The Bertz CT molecular complexity index is 4110. The number of benzene rings is 12. The number of ether oxygens (including phenoxy) is 12. The highest BCUT2D eigenvalue weighted by atomic mass is 16.5. The molecule has 0 bridgehead atoms. The molecule has 0 unspecified atom stereocenters. The number of hydrogen-bond donors (Lipinski definition) is 0. The second kappa shape index (κ2) is 39.5. The van der Waals surface area contributed by atoms with Crippen LogP contribution in [0.3, 0.4) is 0 Å². The minimum atomic E-state index is 0.769. The topological polar surface area (TPSA) is 111 Å². The molecule has 0 spiro atoms. The van der Waals surface area contributed by atoms with Crippen LogP contribution in [0.2, 0.25) is 0 Å². The van der Waals surface area contributed by atoms with Gasteiger partial charge in [0.05, 0.1) is 85.3 Å². The highest BCUT2D eigenvalue weighted by molar-refractivity contribution is 5.80. The molecule has 12 nitrogen and oxygen atoms in total. The van der Waals surface area contributed by atoms with Crippen LogP contribution in [-0.4, -0.2) is 85.3 Å². The van der Waals surface area contributed by atoms with Crippen molar-refractivity contribution < 1.29 is 56.8 Å². The molecule has 0 aliphatic rings. The number of rotatable bonds is 27. The molecule has 0 aliphatic carbocycles. The third kappa shape index (κ3) is 22.8. The van der Waals surface area contributed by atoms with Gasteiger partial charge in [-0.3, -0.25) is 0 Å². The lowest BCUT2D eigenvalue weighted by atomic mass is 10.0. The van der Waals surface area contributed by atoms with E-state index in [0.717, 1.165) is 136 Å². The summed E-state index contributed by atoms with van der Waals surface area (Å²) in [6.45, 7) is 0. The van der Waals surface area contributed by atoms with Crippen molar-refractivity contribution in [1.29, 1.82) is 0 Å². The average Bonchev–Trinajstić information content (AvgIpc) is 0.811. The highest BCUT2D eigenvalue weighted by Crippen LogP contribution is 2.33. The molecule has 0 saturated carbocycles. The average molecular weight is 1440 g/mol. The number of methoxy groups -OCH3 is 12. The van der Waals surface area contributed by atoms with Crippen LogP contribution in [0.1, 0.15) is 66.8 Å². The van der Waals surface area contributed by atoms with Gasteiger partial charge in [-0.1, -0.05) is 219 Å². The molecule has 12 aromatic rings.